The molecule has 2 rings (SSSR count). The number of ether oxygens (including phenoxy) is 1. The van der Waals surface area contributed by atoms with Gasteiger partial charge < -0.3 is 4.74 Å². The standard InChI is InChI=1S/C16H19NO3S/c1-2-3-4-7-10-20-13-9-6-5-8-12(13)11-14-15(18)17-16(19)21-14/h5-6,8-9,11H,2-4,7,10H2,1H3,(H,17,18,19)/b14-11-. The first-order valence-electron chi connectivity index (χ1n) is 7.17. The van der Waals surface area contributed by atoms with Gasteiger partial charge in [-0.1, -0.05) is 44.4 Å². The third kappa shape index (κ3) is 4.63. The van der Waals surface area contributed by atoms with Crippen LogP contribution in [0.2, 0.25) is 0 Å². The summed E-state index contributed by atoms with van der Waals surface area (Å²) in [4.78, 5) is 23.1. The molecule has 0 aliphatic carbocycles. The maximum absolute atomic E-state index is 11.6. The molecule has 1 N–H and O–H groups in total. The fraction of sp³-hybridized carbons (Fsp3) is 0.375. The Kier molecular flexibility index (Phi) is 5.87. The topological polar surface area (TPSA) is 55.4 Å². The molecule has 1 aliphatic rings. The molecule has 5 heteroatoms. The Morgan fingerprint density at radius 2 is 2.00 bits per heavy atom. The van der Waals surface area contributed by atoms with Gasteiger partial charge in [-0.05, 0) is 30.3 Å². The van der Waals surface area contributed by atoms with Gasteiger partial charge in [0.15, 0.2) is 0 Å². The molecule has 21 heavy (non-hydrogen) atoms. The number of carbonyl (C=O) groups is 2. The minimum absolute atomic E-state index is 0.329. The molecule has 112 valence electrons. The number of hydrogen-bond acceptors (Lipinski definition) is 4. The van der Waals surface area contributed by atoms with Crippen molar-refractivity contribution in [1.82, 2.24) is 5.32 Å². The summed E-state index contributed by atoms with van der Waals surface area (Å²) >= 11 is 0.918. The molecular weight excluding hydrogens is 286 g/mol. The average Bonchev–Trinajstić information content (AvgIpc) is 2.78. The minimum atomic E-state index is -0.345. The second-order valence-electron chi connectivity index (χ2n) is 4.80. The summed E-state index contributed by atoms with van der Waals surface area (Å²) in [7, 11) is 0. The quantitative estimate of drug-likeness (QED) is 0.612. The van der Waals surface area contributed by atoms with Crippen molar-refractivity contribution < 1.29 is 14.3 Å². The predicted molar refractivity (Wildman–Crippen MR) is 85.2 cm³/mol. The van der Waals surface area contributed by atoms with Crippen molar-refractivity contribution in [2.24, 2.45) is 0 Å². The molecule has 1 heterocycles. The summed E-state index contributed by atoms with van der Waals surface area (Å²) in [6.07, 6.45) is 6.29. The molecule has 0 atom stereocenters. The fourth-order valence-corrected chi connectivity index (χ4v) is 2.68. The number of unbranched alkanes of at least 4 members (excludes halogenated alkanes) is 3. The van der Waals surface area contributed by atoms with Crippen molar-refractivity contribution in [2.75, 3.05) is 6.61 Å². The fourth-order valence-electron chi connectivity index (χ4n) is 2.00. The van der Waals surface area contributed by atoms with Crippen molar-refractivity contribution in [1.29, 1.82) is 0 Å². The normalized spacial score (nSPS) is 16.3. The molecule has 0 radical (unpaired) electrons. The Hall–Kier alpha value is -1.75. The van der Waals surface area contributed by atoms with Crippen LogP contribution in [-0.4, -0.2) is 17.8 Å². The van der Waals surface area contributed by atoms with Gasteiger partial charge in [0.2, 0.25) is 0 Å². The number of amides is 2. The summed E-state index contributed by atoms with van der Waals surface area (Å²) in [5, 5.41) is 1.92. The van der Waals surface area contributed by atoms with E-state index in [1.807, 2.05) is 24.3 Å². The van der Waals surface area contributed by atoms with Gasteiger partial charge in [0.1, 0.15) is 5.75 Å². The molecule has 0 bridgehead atoms. The maximum Gasteiger partial charge on any atom is 0.290 e. The molecular formula is C16H19NO3S. The van der Waals surface area contributed by atoms with E-state index in [1.165, 1.54) is 12.8 Å². The van der Waals surface area contributed by atoms with Gasteiger partial charge in [0.25, 0.3) is 11.1 Å². The first kappa shape index (κ1) is 15.6. The first-order valence-corrected chi connectivity index (χ1v) is 7.99. The second kappa shape index (κ2) is 7.88. The van der Waals surface area contributed by atoms with Gasteiger partial charge >= 0.3 is 0 Å². The van der Waals surface area contributed by atoms with E-state index in [9.17, 15) is 9.59 Å². The molecule has 1 aliphatic heterocycles. The van der Waals surface area contributed by atoms with Gasteiger partial charge in [-0.15, -0.1) is 0 Å². The van der Waals surface area contributed by atoms with Gasteiger partial charge in [-0.3, -0.25) is 14.9 Å². The number of rotatable bonds is 7. The van der Waals surface area contributed by atoms with Crippen LogP contribution in [0.15, 0.2) is 29.2 Å². The average molecular weight is 305 g/mol. The smallest absolute Gasteiger partial charge is 0.290 e. The zero-order chi connectivity index (χ0) is 15.1. The molecule has 4 nitrogen and oxygen atoms in total. The van der Waals surface area contributed by atoms with E-state index in [1.54, 1.807) is 6.08 Å². The lowest BCUT2D eigenvalue weighted by atomic mass is 10.2. The highest BCUT2D eigenvalue weighted by Gasteiger charge is 2.25. The largest absolute Gasteiger partial charge is 0.493 e. The van der Waals surface area contributed by atoms with Crippen LogP contribution >= 0.6 is 11.8 Å². The molecule has 0 spiro atoms. The summed E-state index contributed by atoms with van der Waals surface area (Å²) < 4.78 is 5.79. The van der Waals surface area contributed by atoms with Crippen molar-refractivity contribution in [3.63, 3.8) is 0 Å². The zero-order valence-corrected chi connectivity index (χ0v) is 12.9. The Morgan fingerprint density at radius 3 is 2.71 bits per heavy atom. The van der Waals surface area contributed by atoms with Crippen LogP contribution in [0.1, 0.15) is 38.2 Å². The molecule has 0 saturated carbocycles. The van der Waals surface area contributed by atoms with Crippen LogP contribution in [-0.2, 0) is 4.79 Å². The third-order valence-electron chi connectivity index (χ3n) is 3.10. The van der Waals surface area contributed by atoms with Crippen molar-refractivity contribution in [2.45, 2.75) is 32.6 Å². The number of nitrogens with one attached hydrogen (secondary N) is 1. The van der Waals surface area contributed by atoms with Crippen LogP contribution in [0.3, 0.4) is 0 Å². The number of thioether (sulfide) groups is 1. The highest BCUT2D eigenvalue weighted by atomic mass is 32.2. The number of hydrogen-bond donors (Lipinski definition) is 1. The molecule has 0 unspecified atom stereocenters. The Balaban J connectivity index is 2.02. The number of benzene rings is 1. The van der Waals surface area contributed by atoms with E-state index in [4.69, 9.17) is 4.74 Å². The SMILES string of the molecule is CCCCCCOc1ccccc1/C=C1\SC(=O)NC1=O. The second-order valence-corrected chi connectivity index (χ2v) is 5.81. The van der Waals surface area contributed by atoms with Crippen LogP contribution in [0.5, 0.6) is 5.75 Å². The van der Waals surface area contributed by atoms with Crippen LogP contribution in [0, 0.1) is 0 Å². The summed E-state index contributed by atoms with van der Waals surface area (Å²) in [5.74, 6) is 0.400. The molecule has 1 aromatic carbocycles. The van der Waals surface area contributed by atoms with Crippen molar-refractivity contribution in [3.8, 4) is 5.75 Å². The van der Waals surface area contributed by atoms with Crippen LogP contribution in [0.4, 0.5) is 4.79 Å². The lowest BCUT2D eigenvalue weighted by Gasteiger charge is -2.09. The molecule has 1 saturated heterocycles. The number of imide groups is 1. The lowest BCUT2D eigenvalue weighted by Crippen LogP contribution is -2.17. The zero-order valence-electron chi connectivity index (χ0n) is 12.1. The molecule has 2 amide bonds. The van der Waals surface area contributed by atoms with Gasteiger partial charge in [-0.25, -0.2) is 0 Å². The third-order valence-corrected chi connectivity index (χ3v) is 3.91. The van der Waals surface area contributed by atoms with Gasteiger partial charge in [0.05, 0.1) is 11.5 Å². The van der Waals surface area contributed by atoms with Gasteiger partial charge in [-0.2, -0.15) is 0 Å². The lowest BCUT2D eigenvalue weighted by molar-refractivity contribution is -0.115. The van der Waals surface area contributed by atoms with Crippen LogP contribution < -0.4 is 10.1 Å². The Morgan fingerprint density at radius 1 is 1.19 bits per heavy atom. The maximum atomic E-state index is 11.6. The van der Waals surface area contributed by atoms with Crippen molar-refractivity contribution >= 4 is 29.0 Å². The predicted octanol–water partition coefficient (Wildman–Crippen LogP) is 3.97. The van der Waals surface area contributed by atoms with E-state index in [-0.39, 0.29) is 11.1 Å². The number of para-hydroxylation sites is 1. The highest BCUT2D eigenvalue weighted by molar-refractivity contribution is 8.18. The highest BCUT2D eigenvalue weighted by Crippen LogP contribution is 2.29. The van der Waals surface area contributed by atoms with E-state index in [0.717, 1.165) is 35.9 Å². The summed E-state index contributed by atoms with van der Waals surface area (Å²) in [5.41, 5.74) is 0.820. The Labute approximate surface area is 128 Å². The van der Waals surface area contributed by atoms with Crippen molar-refractivity contribution in [3.05, 3.63) is 34.7 Å². The molecule has 1 aromatic rings. The van der Waals surface area contributed by atoms with Gasteiger partial charge in [0, 0.05) is 5.56 Å². The minimum Gasteiger partial charge on any atom is -0.493 e. The Bertz CT molecular complexity index is 554. The van der Waals surface area contributed by atoms with Crippen LogP contribution in [0.25, 0.3) is 6.08 Å². The molecule has 0 aromatic heterocycles. The van der Waals surface area contributed by atoms with E-state index in [2.05, 4.69) is 12.2 Å². The van der Waals surface area contributed by atoms with E-state index in [0.29, 0.717) is 11.5 Å². The monoisotopic (exact) mass is 305 g/mol. The summed E-state index contributed by atoms with van der Waals surface area (Å²) in [6.45, 7) is 2.84. The number of carbonyl (C=O) groups excluding carboxylic acids is 2. The van der Waals surface area contributed by atoms with E-state index >= 15 is 0 Å². The first-order chi connectivity index (χ1) is 10.2. The summed E-state index contributed by atoms with van der Waals surface area (Å²) in [6, 6.07) is 7.54. The van der Waals surface area contributed by atoms with E-state index < -0.39 is 0 Å². The molecule has 1 fully saturated rings.